The maximum absolute atomic E-state index is 12.9. The van der Waals surface area contributed by atoms with Gasteiger partial charge in [-0.1, -0.05) is 66.7 Å². The van der Waals surface area contributed by atoms with E-state index < -0.39 is 24.1 Å². The Morgan fingerprint density at radius 1 is 0.862 bits per heavy atom. The minimum Gasteiger partial charge on any atom is -0.453 e. The molecule has 0 aliphatic heterocycles. The quantitative estimate of drug-likeness (QED) is 0.630. The van der Waals surface area contributed by atoms with E-state index >= 15 is 0 Å². The predicted molar refractivity (Wildman–Crippen MR) is 111 cm³/mol. The smallest absolute Gasteiger partial charge is 0.348 e. The van der Waals surface area contributed by atoms with Gasteiger partial charge in [0.2, 0.25) is 5.60 Å². The second-order valence-electron chi connectivity index (χ2n) is 6.87. The van der Waals surface area contributed by atoms with E-state index in [0.717, 1.165) is 11.1 Å². The third-order valence-corrected chi connectivity index (χ3v) is 4.80. The van der Waals surface area contributed by atoms with Gasteiger partial charge in [0.1, 0.15) is 0 Å². The number of aliphatic hydroxyl groups is 1. The Morgan fingerprint density at radius 3 is 1.93 bits per heavy atom. The summed E-state index contributed by atoms with van der Waals surface area (Å²) in [5.41, 5.74) is 1.50. The normalized spacial score (nSPS) is 11.0. The molecule has 0 aliphatic rings. The number of esters is 1. The van der Waals surface area contributed by atoms with Crippen LogP contribution in [0.25, 0.3) is 0 Å². The number of rotatable bonds is 6. The molecule has 0 spiro atoms. The SMILES string of the molecule is Cc1ccc(NC(=O)COC(=O)C(O)(c2ccccc2)c2ccccc2)cc1C. The van der Waals surface area contributed by atoms with E-state index in [-0.39, 0.29) is 0 Å². The van der Waals surface area contributed by atoms with Gasteiger partial charge >= 0.3 is 5.97 Å². The first kappa shape index (κ1) is 20.3. The number of anilines is 1. The molecule has 0 heterocycles. The first-order valence-corrected chi connectivity index (χ1v) is 9.29. The summed E-state index contributed by atoms with van der Waals surface area (Å²) in [6.45, 7) is 3.43. The molecular formula is C24H23NO4. The molecule has 0 saturated carbocycles. The van der Waals surface area contributed by atoms with Crippen molar-refractivity contribution in [3.8, 4) is 0 Å². The Hall–Kier alpha value is -3.44. The zero-order valence-corrected chi connectivity index (χ0v) is 16.4. The van der Waals surface area contributed by atoms with Crippen LogP contribution in [-0.2, 0) is 19.9 Å². The van der Waals surface area contributed by atoms with Gasteiger partial charge in [-0.05, 0) is 48.2 Å². The molecule has 0 fully saturated rings. The lowest BCUT2D eigenvalue weighted by Crippen LogP contribution is -2.39. The first-order chi connectivity index (χ1) is 13.9. The number of amides is 1. The maximum Gasteiger partial charge on any atom is 0.348 e. The fourth-order valence-corrected chi connectivity index (χ4v) is 3.01. The number of nitrogens with one attached hydrogen (secondary N) is 1. The second kappa shape index (κ2) is 8.71. The lowest BCUT2D eigenvalue weighted by molar-refractivity contribution is -0.163. The van der Waals surface area contributed by atoms with Crippen LogP contribution in [0, 0.1) is 13.8 Å². The van der Waals surface area contributed by atoms with Gasteiger partial charge in [-0.3, -0.25) is 4.79 Å². The summed E-state index contributed by atoms with van der Waals surface area (Å²) in [5.74, 6) is -1.39. The number of carbonyl (C=O) groups is 2. The van der Waals surface area contributed by atoms with Gasteiger partial charge in [0.15, 0.2) is 6.61 Å². The molecule has 29 heavy (non-hydrogen) atoms. The average molecular weight is 389 g/mol. The fourth-order valence-electron chi connectivity index (χ4n) is 3.01. The van der Waals surface area contributed by atoms with E-state index in [9.17, 15) is 14.7 Å². The van der Waals surface area contributed by atoms with Crippen LogP contribution in [0.5, 0.6) is 0 Å². The Balaban J connectivity index is 1.75. The topological polar surface area (TPSA) is 75.6 Å². The van der Waals surface area contributed by atoms with E-state index in [1.165, 1.54) is 0 Å². The van der Waals surface area contributed by atoms with Crippen molar-refractivity contribution >= 4 is 17.6 Å². The van der Waals surface area contributed by atoms with Gasteiger partial charge in [0, 0.05) is 5.69 Å². The van der Waals surface area contributed by atoms with Crippen molar-refractivity contribution in [2.75, 3.05) is 11.9 Å². The molecule has 5 heteroatoms. The van der Waals surface area contributed by atoms with Crippen LogP contribution >= 0.6 is 0 Å². The van der Waals surface area contributed by atoms with E-state index in [1.54, 1.807) is 66.7 Å². The number of aryl methyl sites for hydroxylation is 2. The summed E-state index contributed by atoms with van der Waals surface area (Å²) in [7, 11) is 0. The largest absolute Gasteiger partial charge is 0.453 e. The van der Waals surface area contributed by atoms with Gasteiger partial charge in [0.25, 0.3) is 5.91 Å². The third-order valence-electron chi connectivity index (χ3n) is 4.80. The van der Waals surface area contributed by atoms with Crippen molar-refractivity contribution in [3.05, 3.63) is 101 Å². The molecule has 0 saturated heterocycles. The van der Waals surface area contributed by atoms with Crippen LogP contribution in [0.3, 0.4) is 0 Å². The molecule has 5 nitrogen and oxygen atoms in total. The lowest BCUT2D eigenvalue weighted by atomic mass is 9.86. The van der Waals surface area contributed by atoms with Crippen LogP contribution in [-0.4, -0.2) is 23.6 Å². The molecule has 0 atom stereocenters. The molecule has 3 rings (SSSR count). The highest BCUT2D eigenvalue weighted by Crippen LogP contribution is 2.31. The summed E-state index contributed by atoms with van der Waals surface area (Å²) < 4.78 is 5.20. The maximum atomic E-state index is 12.9. The minimum atomic E-state index is -2.01. The van der Waals surface area contributed by atoms with Gasteiger partial charge in [-0.25, -0.2) is 4.79 Å². The molecule has 0 bridgehead atoms. The number of hydrogen-bond acceptors (Lipinski definition) is 4. The predicted octanol–water partition coefficient (Wildman–Crippen LogP) is 3.72. The number of hydrogen-bond donors (Lipinski definition) is 2. The number of ether oxygens (including phenoxy) is 1. The fraction of sp³-hybridized carbons (Fsp3) is 0.167. The van der Waals surface area contributed by atoms with Crippen LogP contribution in [0.4, 0.5) is 5.69 Å². The zero-order valence-electron chi connectivity index (χ0n) is 16.4. The monoisotopic (exact) mass is 389 g/mol. The van der Waals surface area contributed by atoms with Crippen molar-refractivity contribution in [3.63, 3.8) is 0 Å². The minimum absolute atomic E-state index is 0.366. The molecule has 3 aromatic rings. The van der Waals surface area contributed by atoms with Gasteiger partial charge < -0.3 is 15.2 Å². The number of benzene rings is 3. The summed E-state index contributed by atoms with van der Waals surface area (Å²) >= 11 is 0. The van der Waals surface area contributed by atoms with Crippen molar-refractivity contribution < 1.29 is 19.4 Å². The van der Waals surface area contributed by atoms with Crippen molar-refractivity contribution in [2.24, 2.45) is 0 Å². The molecule has 1 amide bonds. The first-order valence-electron chi connectivity index (χ1n) is 9.29. The Bertz CT molecular complexity index is 960. The highest BCUT2D eigenvalue weighted by Gasteiger charge is 2.41. The number of carbonyl (C=O) groups excluding carboxylic acids is 2. The second-order valence-corrected chi connectivity index (χ2v) is 6.87. The molecule has 3 aromatic carbocycles. The van der Waals surface area contributed by atoms with E-state index in [2.05, 4.69) is 5.32 Å². The Morgan fingerprint density at radius 2 is 1.41 bits per heavy atom. The van der Waals surface area contributed by atoms with Crippen LogP contribution in [0.15, 0.2) is 78.9 Å². The summed E-state index contributed by atoms with van der Waals surface area (Å²) in [5, 5.41) is 14.0. The van der Waals surface area contributed by atoms with Gasteiger partial charge in [0.05, 0.1) is 0 Å². The van der Waals surface area contributed by atoms with Crippen LogP contribution < -0.4 is 5.32 Å². The summed E-state index contributed by atoms with van der Waals surface area (Å²) in [4.78, 5) is 25.1. The van der Waals surface area contributed by atoms with E-state index in [1.807, 2.05) is 26.0 Å². The zero-order chi connectivity index (χ0) is 20.9. The highest BCUT2D eigenvalue weighted by molar-refractivity contribution is 5.94. The van der Waals surface area contributed by atoms with E-state index in [0.29, 0.717) is 16.8 Å². The molecule has 0 aromatic heterocycles. The molecule has 148 valence electrons. The molecule has 0 aliphatic carbocycles. The molecule has 2 N–H and O–H groups in total. The molecular weight excluding hydrogens is 366 g/mol. The van der Waals surface area contributed by atoms with E-state index in [4.69, 9.17) is 4.74 Å². The van der Waals surface area contributed by atoms with Crippen LogP contribution in [0.2, 0.25) is 0 Å². The van der Waals surface area contributed by atoms with Crippen LogP contribution in [0.1, 0.15) is 22.3 Å². The summed E-state index contributed by atoms with van der Waals surface area (Å²) in [6.07, 6.45) is 0. The Labute approximate surface area is 170 Å². The van der Waals surface area contributed by atoms with Crippen molar-refractivity contribution in [1.29, 1.82) is 0 Å². The highest BCUT2D eigenvalue weighted by atomic mass is 16.6. The average Bonchev–Trinajstić information content (AvgIpc) is 2.75. The summed E-state index contributed by atoms with van der Waals surface area (Å²) in [6, 6.07) is 22.6. The third kappa shape index (κ3) is 4.52. The Kier molecular flexibility index (Phi) is 6.10. The van der Waals surface area contributed by atoms with Crippen molar-refractivity contribution in [2.45, 2.75) is 19.4 Å². The standard InChI is InChI=1S/C24H23NO4/c1-17-13-14-21(15-18(17)2)25-22(26)16-29-23(27)24(28,19-9-5-3-6-10-19)20-11-7-4-8-12-20/h3-15,28H,16H2,1-2H3,(H,25,26). The van der Waals surface area contributed by atoms with Gasteiger partial charge in [-0.2, -0.15) is 0 Å². The van der Waals surface area contributed by atoms with Crippen molar-refractivity contribution in [1.82, 2.24) is 0 Å². The molecule has 0 unspecified atom stereocenters. The van der Waals surface area contributed by atoms with Gasteiger partial charge in [-0.15, -0.1) is 0 Å². The molecule has 0 radical (unpaired) electrons. The lowest BCUT2D eigenvalue weighted by Gasteiger charge is -2.27.